The molecule has 2 aromatic rings. The van der Waals surface area contributed by atoms with Gasteiger partial charge in [-0.1, -0.05) is 86.2 Å². The topological polar surface area (TPSA) is 0 Å². The van der Waals surface area contributed by atoms with E-state index in [2.05, 4.69) is 74.5 Å². The van der Waals surface area contributed by atoms with Gasteiger partial charge in [-0.2, -0.15) is 0 Å². The molecule has 0 atom stereocenters. The predicted molar refractivity (Wildman–Crippen MR) is 81.6 cm³/mol. The zero-order chi connectivity index (χ0) is 13.1. The number of rotatable bonds is 3. The largest absolute Gasteiger partial charge is 0.0917 e. The average molecular weight is 238 g/mol. The van der Waals surface area contributed by atoms with Crippen LogP contribution in [0.25, 0.3) is 11.1 Å². The number of unbranched alkanes of at least 4 members (excludes halogenated alkanes) is 1. The van der Waals surface area contributed by atoms with Crippen molar-refractivity contribution in [1.82, 2.24) is 0 Å². The second-order valence-electron chi connectivity index (χ2n) is 4.09. The Morgan fingerprint density at radius 3 is 1.50 bits per heavy atom. The number of benzene rings is 2. The molecule has 0 N–H and O–H groups in total. The minimum absolute atomic E-state index is 1.23. The van der Waals surface area contributed by atoms with E-state index in [-0.39, 0.29) is 0 Å². The molecule has 0 fully saturated rings. The second-order valence-corrected chi connectivity index (χ2v) is 4.09. The monoisotopic (exact) mass is 238 g/mol. The van der Waals surface area contributed by atoms with E-state index < -0.39 is 0 Å². The van der Waals surface area contributed by atoms with Crippen molar-refractivity contribution in [3.8, 4) is 11.1 Å². The van der Waals surface area contributed by atoms with Crippen LogP contribution in [-0.4, -0.2) is 0 Å². The number of allylic oxidation sites excluding steroid dienone is 2. The Bertz CT molecular complexity index is 389. The van der Waals surface area contributed by atoms with Crippen LogP contribution in [0.4, 0.5) is 0 Å². The van der Waals surface area contributed by atoms with E-state index in [1.807, 2.05) is 12.1 Å². The highest BCUT2D eigenvalue weighted by molar-refractivity contribution is 5.62. The van der Waals surface area contributed by atoms with Crippen molar-refractivity contribution in [1.29, 1.82) is 0 Å². The molecule has 94 valence electrons. The molecule has 0 spiro atoms. The molecule has 0 aromatic heterocycles. The Kier molecular flexibility index (Phi) is 7.31. The van der Waals surface area contributed by atoms with Gasteiger partial charge in [0.1, 0.15) is 0 Å². The Hall–Kier alpha value is -1.82. The molecule has 2 aromatic carbocycles. The van der Waals surface area contributed by atoms with E-state index in [1.54, 1.807) is 0 Å². The summed E-state index contributed by atoms with van der Waals surface area (Å²) in [5.41, 5.74) is 2.55. The maximum Gasteiger partial charge on any atom is -0.0184 e. The molecule has 0 aliphatic carbocycles. The van der Waals surface area contributed by atoms with E-state index in [0.717, 1.165) is 0 Å². The highest BCUT2D eigenvalue weighted by Crippen LogP contribution is 2.17. The first-order valence-corrected chi connectivity index (χ1v) is 6.60. The third-order valence-corrected chi connectivity index (χ3v) is 2.57. The molecule has 2 rings (SSSR count). The highest BCUT2D eigenvalue weighted by atomic mass is 14.0. The van der Waals surface area contributed by atoms with Gasteiger partial charge in [0, 0.05) is 0 Å². The molecule has 0 heteroatoms. The van der Waals surface area contributed by atoms with Crippen LogP contribution in [0.15, 0.2) is 72.8 Å². The van der Waals surface area contributed by atoms with Crippen LogP contribution < -0.4 is 0 Å². The average Bonchev–Trinajstić information content (AvgIpc) is 2.48. The maximum absolute atomic E-state index is 2.18. The van der Waals surface area contributed by atoms with Gasteiger partial charge in [-0.25, -0.2) is 0 Å². The minimum atomic E-state index is 1.23. The smallest absolute Gasteiger partial charge is 0.0184 e. The van der Waals surface area contributed by atoms with Crippen LogP contribution in [0.2, 0.25) is 0 Å². The SMILES string of the molecule is C/C=C/CCC.c1ccc(-c2ccccc2)cc1. The van der Waals surface area contributed by atoms with Gasteiger partial charge in [-0.3, -0.25) is 0 Å². The third kappa shape index (κ3) is 5.49. The fourth-order valence-corrected chi connectivity index (χ4v) is 1.59. The summed E-state index contributed by atoms with van der Waals surface area (Å²) in [4.78, 5) is 0. The zero-order valence-electron chi connectivity index (χ0n) is 11.3. The van der Waals surface area contributed by atoms with Crippen LogP contribution in [-0.2, 0) is 0 Å². The fraction of sp³-hybridized carbons (Fsp3) is 0.222. The molecule has 0 aliphatic rings. The molecule has 0 radical (unpaired) electrons. The van der Waals surface area contributed by atoms with Crippen molar-refractivity contribution in [2.24, 2.45) is 0 Å². The van der Waals surface area contributed by atoms with Gasteiger partial charge >= 0.3 is 0 Å². The summed E-state index contributed by atoms with van der Waals surface area (Å²) in [6, 6.07) is 20.8. The Labute approximate surface area is 111 Å². The number of hydrogen-bond donors (Lipinski definition) is 0. The molecule has 18 heavy (non-hydrogen) atoms. The highest BCUT2D eigenvalue weighted by Gasteiger charge is 1.91. The van der Waals surface area contributed by atoms with Crippen molar-refractivity contribution in [2.45, 2.75) is 26.7 Å². The normalized spacial score (nSPS) is 9.89. The summed E-state index contributed by atoms with van der Waals surface area (Å²) in [6.07, 6.45) is 6.77. The van der Waals surface area contributed by atoms with E-state index >= 15 is 0 Å². The van der Waals surface area contributed by atoms with Crippen molar-refractivity contribution in [3.05, 3.63) is 72.8 Å². The van der Waals surface area contributed by atoms with Crippen LogP contribution in [0.1, 0.15) is 26.7 Å². The van der Waals surface area contributed by atoms with E-state index in [4.69, 9.17) is 0 Å². The summed E-state index contributed by atoms with van der Waals surface area (Å²) in [6.45, 7) is 4.23. The Morgan fingerprint density at radius 1 is 0.778 bits per heavy atom. The zero-order valence-corrected chi connectivity index (χ0v) is 11.3. The molecule has 0 saturated carbocycles. The molecule has 0 amide bonds. The summed E-state index contributed by atoms with van der Waals surface area (Å²) >= 11 is 0. The van der Waals surface area contributed by atoms with Crippen molar-refractivity contribution >= 4 is 0 Å². The lowest BCUT2D eigenvalue weighted by Crippen LogP contribution is -1.73. The lowest BCUT2D eigenvalue weighted by Gasteiger charge is -1.98. The molecule has 0 bridgehead atoms. The van der Waals surface area contributed by atoms with Gasteiger partial charge < -0.3 is 0 Å². The second kappa shape index (κ2) is 9.23. The van der Waals surface area contributed by atoms with E-state index in [1.165, 1.54) is 24.0 Å². The van der Waals surface area contributed by atoms with Crippen LogP contribution in [0.3, 0.4) is 0 Å². The van der Waals surface area contributed by atoms with Gasteiger partial charge in [-0.05, 0) is 24.5 Å². The van der Waals surface area contributed by atoms with Crippen LogP contribution in [0, 0.1) is 0 Å². The van der Waals surface area contributed by atoms with Crippen molar-refractivity contribution in [3.63, 3.8) is 0 Å². The van der Waals surface area contributed by atoms with Gasteiger partial charge in [0.2, 0.25) is 0 Å². The summed E-state index contributed by atoms with van der Waals surface area (Å²) in [5, 5.41) is 0. The lowest BCUT2D eigenvalue weighted by molar-refractivity contribution is 0.957. The van der Waals surface area contributed by atoms with Crippen LogP contribution >= 0.6 is 0 Å². The third-order valence-electron chi connectivity index (χ3n) is 2.57. The van der Waals surface area contributed by atoms with Gasteiger partial charge in [0.05, 0.1) is 0 Å². The van der Waals surface area contributed by atoms with E-state index in [0.29, 0.717) is 0 Å². The molecule has 0 heterocycles. The number of hydrogen-bond acceptors (Lipinski definition) is 0. The molecule has 0 aliphatic heterocycles. The van der Waals surface area contributed by atoms with Gasteiger partial charge in [-0.15, -0.1) is 0 Å². The fourth-order valence-electron chi connectivity index (χ4n) is 1.59. The van der Waals surface area contributed by atoms with Crippen molar-refractivity contribution in [2.75, 3.05) is 0 Å². The van der Waals surface area contributed by atoms with Crippen LogP contribution in [0.5, 0.6) is 0 Å². The molecular formula is C18H22. The van der Waals surface area contributed by atoms with E-state index in [9.17, 15) is 0 Å². The minimum Gasteiger partial charge on any atom is -0.0917 e. The molecular weight excluding hydrogens is 216 g/mol. The molecule has 0 unspecified atom stereocenters. The first kappa shape index (κ1) is 14.2. The quantitative estimate of drug-likeness (QED) is 0.600. The summed E-state index contributed by atoms with van der Waals surface area (Å²) < 4.78 is 0. The summed E-state index contributed by atoms with van der Waals surface area (Å²) in [5.74, 6) is 0. The Balaban J connectivity index is 0.000000232. The molecule has 0 saturated heterocycles. The van der Waals surface area contributed by atoms with Gasteiger partial charge in [0.15, 0.2) is 0 Å². The first-order valence-electron chi connectivity index (χ1n) is 6.60. The maximum atomic E-state index is 2.18. The first-order chi connectivity index (χ1) is 8.88. The van der Waals surface area contributed by atoms with Crippen molar-refractivity contribution < 1.29 is 0 Å². The Morgan fingerprint density at radius 2 is 1.22 bits per heavy atom. The lowest BCUT2D eigenvalue weighted by atomic mass is 10.1. The van der Waals surface area contributed by atoms with Gasteiger partial charge in [0.25, 0.3) is 0 Å². The summed E-state index contributed by atoms with van der Waals surface area (Å²) in [7, 11) is 0. The predicted octanol–water partition coefficient (Wildman–Crippen LogP) is 5.72. The molecule has 0 nitrogen and oxygen atoms in total. The standard InChI is InChI=1S/C12H10.C6H12/c1-3-7-11(8-4-1)12-9-5-2-6-10-12;1-3-5-6-4-2/h1-10H;3,5H,4,6H2,1-2H3/b;5-3+.